The highest BCUT2D eigenvalue weighted by atomic mass is 32.2. The fourth-order valence-corrected chi connectivity index (χ4v) is 2.61. The van der Waals surface area contributed by atoms with Crippen molar-refractivity contribution in [3.05, 3.63) is 21.7 Å². The molecule has 3 N–H and O–H groups in total. The molecule has 0 bridgehead atoms. The van der Waals surface area contributed by atoms with Crippen molar-refractivity contribution >= 4 is 22.2 Å². The van der Waals surface area contributed by atoms with E-state index in [1.807, 2.05) is 0 Å². The minimum absolute atomic E-state index is 0.109. The average molecular weight is 314 g/mol. The maximum absolute atomic E-state index is 12.0. The SMILES string of the molecule is C[C@H](OS(C)(=O)=O)c1nc(NC2CCC2)c(C=N)c(=O)[nH]1. The Morgan fingerprint density at radius 3 is 2.67 bits per heavy atom. The van der Waals surface area contributed by atoms with Gasteiger partial charge in [-0.2, -0.15) is 8.42 Å². The first-order chi connectivity index (χ1) is 9.80. The zero-order valence-electron chi connectivity index (χ0n) is 11.8. The molecule has 21 heavy (non-hydrogen) atoms. The van der Waals surface area contributed by atoms with Gasteiger partial charge in [-0.1, -0.05) is 0 Å². The zero-order chi connectivity index (χ0) is 15.6. The van der Waals surface area contributed by atoms with Gasteiger partial charge in [-0.05, 0) is 26.2 Å². The lowest BCUT2D eigenvalue weighted by Crippen LogP contribution is -2.31. The first-order valence-corrected chi connectivity index (χ1v) is 8.41. The minimum Gasteiger partial charge on any atom is -0.367 e. The van der Waals surface area contributed by atoms with Crippen LogP contribution in [0, 0.1) is 5.41 Å². The number of nitrogens with zero attached hydrogens (tertiary/aromatic N) is 1. The summed E-state index contributed by atoms with van der Waals surface area (Å²) in [5.41, 5.74) is -0.377. The molecule has 0 unspecified atom stereocenters. The minimum atomic E-state index is -3.66. The van der Waals surface area contributed by atoms with Gasteiger partial charge in [-0.25, -0.2) is 4.98 Å². The lowest BCUT2D eigenvalue weighted by atomic mass is 9.93. The fourth-order valence-electron chi connectivity index (χ4n) is 1.99. The molecule has 2 rings (SSSR count). The molecule has 9 heteroatoms. The third-order valence-electron chi connectivity index (χ3n) is 3.27. The monoisotopic (exact) mass is 314 g/mol. The molecule has 1 saturated carbocycles. The number of hydrogen-bond donors (Lipinski definition) is 3. The van der Waals surface area contributed by atoms with Crippen molar-refractivity contribution in [3.8, 4) is 0 Å². The van der Waals surface area contributed by atoms with Crippen molar-refractivity contribution in [2.45, 2.75) is 38.3 Å². The van der Waals surface area contributed by atoms with Gasteiger partial charge in [0.1, 0.15) is 17.7 Å². The largest absolute Gasteiger partial charge is 0.367 e. The molecule has 0 aromatic carbocycles. The van der Waals surface area contributed by atoms with E-state index in [1.54, 1.807) is 0 Å². The topological polar surface area (TPSA) is 125 Å². The van der Waals surface area contributed by atoms with Gasteiger partial charge in [0.15, 0.2) is 0 Å². The molecule has 0 saturated heterocycles. The van der Waals surface area contributed by atoms with Gasteiger partial charge in [0, 0.05) is 12.3 Å². The van der Waals surface area contributed by atoms with Gasteiger partial charge in [-0.15, -0.1) is 0 Å². The molecule has 0 spiro atoms. The van der Waals surface area contributed by atoms with E-state index in [-0.39, 0.29) is 23.2 Å². The molecule has 8 nitrogen and oxygen atoms in total. The second kappa shape index (κ2) is 5.94. The first-order valence-electron chi connectivity index (χ1n) is 6.59. The van der Waals surface area contributed by atoms with E-state index in [9.17, 15) is 13.2 Å². The third kappa shape index (κ3) is 3.88. The third-order valence-corrected chi connectivity index (χ3v) is 3.91. The lowest BCUT2D eigenvalue weighted by Gasteiger charge is -2.27. The van der Waals surface area contributed by atoms with Crippen LogP contribution in [-0.4, -0.2) is 36.9 Å². The summed E-state index contributed by atoms with van der Waals surface area (Å²) in [6.45, 7) is 1.48. The van der Waals surface area contributed by atoms with E-state index >= 15 is 0 Å². The molecule has 116 valence electrons. The second-order valence-corrected chi connectivity index (χ2v) is 6.67. The van der Waals surface area contributed by atoms with E-state index in [2.05, 4.69) is 15.3 Å². The number of anilines is 1. The van der Waals surface area contributed by atoms with Crippen molar-refractivity contribution in [1.29, 1.82) is 5.41 Å². The second-order valence-electron chi connectivity index (χ2n) is 5.07. The molecule has 0 amide bonds. The van der Waals surface area contributed by atoms with E-state index < -0.39 is 21.8 Å². The summed E-state index contributed by atoms with van der Waals surface area (Å²) in [6.07, 6.45) is 4.03. The van der Waals surface area contributed by atoms with Gasteiger partial charge < -0.3 is 15.7 Å². The molecule has 1 atom stereocenters. The summed E-state index contributed by atoms with van der Waals surface area (Å²) in [5, 5.41) is 10.4. The predicted molar refractivity (Wildman–Crippen MR) is 78.3 cm³/mol. The van der Waals surface area contributed by atoms with Crippen LogP contribution in [0.4, 0.5) is 5.82 Å². The Hall–Kier alpha value is -1.74. The van der Waals surface area contributed by atoms with Crippen molar-refractivity contribution in [2.24, 2.45) is 0 Å². The standard InChI is InChI=1S/C12H18N4O4S/c1-7(20-21(2,18)19)10-15-11(14-8-4-3-5-8)9(6-13)12(17)16-10/h6-8,13H,3-5H2,1-2H3,(H2,14,15,16,17)/t7-/m0/s1. The number of nitrogens with one attached hydrogen (secondary N) is 3. The van der Waals surface area contributed by atoms with Crippen LogP contribution in [0.2, 0.25) is 0 Å². The first kappa shape index (κ1) is 15.6. The highest BCUT2D eigenvalue weighted by molar-refractivity contribution is 7.86. The summed E-state index contributed by atoms with van der Waals surface area (Å²) in [6, 6.07) is 0.233. The molecule has 1 fully saturated rings. The normalized spacial score (nSPS) is 17.0. The summed E-state index contributed by atoms with van der Waals surface area (Å²) in [7, 11) is -3.66. The van der Waals surface area contributed by atoms with E-state index in [4.69, 9.17) is 9.59 Å². The van der Waals surface area contributed by atoms with Crippen LogP contribution in [-0.2, 0) is 14.3 Å². The van der Waals surface area contributed by atoms with Gasteiger partial charge in [0.05, 0.1) is 11.8 Å². The number of aromatic amines is 1. The molecule has 1 aromatic heterocycles. The summed E-state index contributed by atoms with van der Waals surface area (Å²) < 4.78 is 27.1. The van der Waals surface area contributed by atoms with E-state index in [0.717, 1.165) is 31.7 Å². The van der Waals surface area contributed by atoms with Gasteiger partial charge >= 0.3 is 0 Å². The quantitative estimate of drug-likeness (QED) is 0.526. The number of aromatic nitrogens is 2. The Labute approximate surface area is 122 Å². The fraction of sp³-hybridized carbons (Fsp3) is 0.583. The lowest BCUT2D eigenvalue weighted by molar-refractivity contribution is 0.226. The summed E-state index contributed by atoms with van der Waals surface area (Å²) in [4.78, 5) is 18.6. The van der Waals surface area contributed by atoms with E-state index in [1.165, 1.54) is 6.92 Å². The summed E-state index contributed by atoms with van der Waals surface area (Å²) >= 11 is 0. The van der Waals surface area contributed by atoms with Crippen molar-refractivity contribution in [3.63, 3.8) is 0 Å². The molecule has 0 aliphatic heterocycles. The van der Waals surface area contributed by atoms with Crippen LogP contribution < -0.4 is 10.9 Å². The van der Waals surface area contributed by atoms with E-state index in [0.29, 0.717) is 0 Å². The molecule has 1 aliphatic carbocycles. The van der Waals surface area contributed by atoms with Crippen LogP contribution in [0.3, 0.4) is 0 Å². The molecule has 0 radical (unpaired) electrons. The van der Waals surface area contributed by atoms with Crippen molar-refractivity contribution in [1.82, 2.24) is 9.97 Å². The molecule has 1 aromatic rings. The van der Waals surface area contributed by atoms with Crippen LogP contribution in [0.15, 0.2) is 4.79 Å². The predicted octanol–water partition coefficient (Wildman–Crippen LogP) is 0.769. The van der Waals surface area contributed by atoms with Crippen molar-refractivity contribution in [2.75, 3.05) is 11.6 Å². The van der Waals surface area contributed by atoms with Crippen LogP contribution in [0.25, 0.3) is 0 Å². The van der Waals surface area contributed by atoms with Crippen LogP contribution >= 0.6 is 0 Å². The smallest absolute Gasteiger partial charge is 0.265 e. The Morgan fingerprint density at radius 1 is 1.52 bits per heavy atom. The maximum Gasteiger partial charge on any atom is 0.265 e. The molecular weight excluding hydrogens is 296 g/mol. The van der Waals surface area contributed by atoms with Crippen LogP contribution in [0.1, 0.15) is 43.7 Å². The Balaban J connectivity index is 2.34. The number of H-pyrrole nitrogens is 1. The highest BCUT2D eigenvalue weighted by Gasteiger charge is 2.22. The maximum atomic E-state index is 12.0. The van der Waals surface area contributed by atoms with Gasteiger partial charge in [0.2, 0.25) is 0 Å². The van der Waals surface area contributed by atoms with Crippen molar-refractivity contribution < 1.29 is 12.6 Å². The Morgan fingerprint density at radius 2 is 2.19 bits per heavy atom. The Kier molecular flexibility index (Phi) is 4.43. The molecule has 1 aliphatic rings. The summed E-state index contributed by atoms with van der Waals surface area (Å²) in [5.74, 6) is 0.398. The zero-order valence-corrected chi connectivity index (χ0v) is 12.7. The number of hydrogen-bond acceptors (Lipinski definition) is 7. The molecular formula is C12H18N4O4S. The van der Waals surface area contributed by atoms with Crippen LogP contribution in [0.5, 0.6) is 0 Å². The number of rotatable bonds is 6. The highest BCUT2D eigenvalue weighted by Crippen LogP contribution is 2.24. The Bertz CT molecular complexity index is 694. The molecule has 1 heterocycles. The van der Waals surface area contributed by atoms with Gasteiger partial charge in [0.25, 0.3) is 15.7 Å². The average Bonchev–Trinajstić information content (AvgIpc) is 2.31. The van der Waals surface area contributed by atoms with Gasteiger partial charge in [-0.3, -0.25) is 8.98 Å².